The molecule has 0 unspecified atom stereocenters. The van der Waals surface area contributed by atoms with Crippen molar-refractivity contribution in [2.24, 2.45) is 30.7 Å². The molecule has 12 nitrogen and oxygen atoms in total. The van der Waals surface area contributed by atoms with Crippen LogP contribution in [0, 0.1) is 0 Å². The number of esters is 3. The highest BCUT2D eigenvalue weighted by Gasteiger charge is 2.23. The number of carbonyl (C=O) groups is 3. The Morgan fingerprint density at radius 3 is 0.728 bits per heavy atom. The third-order valence-corrected chi connectivity index (χ3v) is 13.9. The topological polar surface area (TPSA) is 153 Å². The molecule has 0 saturated heterocycles. The molecule has 0 aliphatic rings. The second-order valence-corrected chi connectivity index (χ2v) is 18.9. The second-order valence-electron chi connectivity index (χ2n) is 18.9. The van der Waals surface area contributed by atoms with Crippen molar-refractivity contribution in [3.05, 3.63) is 271 Å². The number of hydrogen-bond donors (Lipinski definition) is 0. The van der Waals surface area contributed by atoms with Gasteiger partial charge < -0.3 is 14.2 Å². The minimum atomic E-state index is -0.855. The highest BCUT2D eigenvalue weighted by molar-refractivity contribution is 6.06. The Morgan fingerprint density at radius 2 is 0.444 bits per heavy atom. The first-order valence-corrected chi connectivity index (χ1v) is 25.9. The van der Waals surface area contributed by atoms with E-state index in [9.17, 15) is 14.4 Å². The Balaban J connectivity index is 0.833. The van der Waals surface area contributed by atoms with Gasteiger partial charge in [-0.1, -0.05) is 182 Å². The van der Waals surface area contributed by atoms with Crippen LogP contribution in [0.1, 0.15) is 31.1 Å². The molecule has 0 spiro atoms. The molecule has 0 amide bonds. The van der Waals surface area contributed by atoms with E-state index in [1.54, 1.807) is 36.4 Å². The van der Waals surface area contributed by atoms with E-state index in [0.29, 0.717) is 66.4 Å². The molecule has 13 aromatic rings. The van der Waals surface area contributed by atoms with Gasteiger partial charge in [0.15, 0.2) is 0 Å². The van der Waals surface area contributed by atoms with Gasteiger partial charge in [-0.25, -0.2) is 14.4 Å². The van der Waals surface area contributed by atoms with Gasteiger partial charge in [0.2, 0.25) is 0 Å². The lowest BCUT2D eigenvalue weighted by Crippen LogP contribution is -2.17. The van der Waals surface area contributed by atoms with Gasteiger partial charge in [-0.3, -0.25) is 0 Å². The Bertz CT molecular complexity index is 4280. The predicted molar refractivity (Wildman–Crippen MR) is 318 cm³/mol. The molecule has 0 radical (unpaired) electrons. The van der Waals surface area contributed by atoms with E-state index in [0.717, 1.165) is 32.3 Å². The summed E-state index contributed by atoms with van der Waals surface area (Å²) in [6.45, 7) is 0. The summed E-state index contributed by atoms with van der Waals surface area (Å²) in [7, 11) is 0. The summed E-state index contributed by atoms with van der Waals surface area (Å²) in [6, 6.07) is 77.5. The molecule has 0 heterocycles. The van der Waals surface area contributed by atoms with Crippen molar-refractivity contribution in [3.63, 3.8) is 0 Å². The molecular weight excluding hydrogens is 1010 g/mol. The Kier molecular flexibility index (Phi) is 13.1. The maximum Gasteiger partial charge on any atom is 0.343 e. The molecular formula is C69H42N6O6. The third kappa shape index (κ3) is 9.99. The third-order valence-electron chi connectivity index (χ3n) is 13.9. The van der Waals surface area contributed by atoms with Gasteiger partial charge in [-0.2, -0.15) is 0 Å². The first-order valence-electron chi connectivity index (χ1n) is 25.9. The van der Waals surface area contributed by atoms with Crippen molar-refractivity contribution in [2.45, 2.75) is 0 Å². The smallest absolute Gasteiger partial charge is 0.343 e. The van der Waals surface area contributed by atoms with Crippen molar-refractivity contribution in [1.29, 1.82) is 0 Å². The van der Waals surface area contributed by atoms with Gasteiger partial charge in [0, 0.05) is 48.5 Å². The normalized spacial score (nSPS) is 11.7. The predicted octanol–water partition coefficient (Wildman–Crippen LogP) is 19.5. The molecule has 0 N–H and O–H groups in total. The molecule has 13 aromatic carbocycles. The summed E-state index contributed by atoms with van der Waals surface area (Å²) in [6.07, 6.45) is 0. The van der Waals surface area contributed by atoms with E-state index >= 15 is 0 Å². The number of ether oxygens (including phenoxy) is 3. The fraction of sp³-hybridized carbons (Fsp3) is 0. The molecule has 0 bridgehead atoms. The number of nitrogens with zero attached hydrogens (tertiary/aromatic N) is 6. The molecule has 13 rings (SSSR count). The minimum Gasteiger partial charge on any atom is -0.422 e. The van der Waals surface area contributed by atoms with Gasteiger partial charge in [-0.15, -0.1) is 30.7 Å². The van der Waals surface area contributed by atoms with E-state index in [1.807, 2.05) is 200 Å². The van der Waals surface area contributed by atoms with Crippen molar-refractivity contribution < 1.29 is 28.6 Å². The van der Waals surface area contributed by atoms with E-state index in [2.05, 4.69) is 30.7 Å². The van der Waals surface area contributed by atoms with Crippen molar-refractivity contribution in [3.8, 4) is 17.2 Å². The van der Waals surface area contributed by atoms with Crippen LogP contribution in [0.15, 0.2) is 285 Å². The average molecular weight is 1050 g/mol. The molecule has 0 fully saturated rings. The van der Waals surface area contributed by atoms with Crippen molar-refractivity contribution in [2.75, 3.05) is 0 Å². The number of azo groups is 3. The lowest BCUT2D eigenvalue weighted by Gasteiger charge is -2.13. The number of hydrogen-bond acceptors (Lipinski definition) is 12. The maximum atomic E-state index is 14.5. The quantitative estimate of drug-likeness (QED) is 0.0674. The zero-order valence-corrected chi connectivity index (χ0v) is 42.9. The Hall–Kier alpha value is -11.4. The van der Waals surface area contributed by atoms with Gasteiger partial charge >= 0.3 is 17.9 Å². The molecule has 384 valence electrons. The van der Waals surface area contributed by atoms with E-state index < -0.39 is 17.9 Å². The molecule has 0 atom stereocenters. The largest absolute Gasteiger partial charge is 0.422 e. The number of benzene rings is 13. The molecule has 12 heteroatoms. The fourth-order valence-corrected chi connectivity index (χ4v) is 9.96. The minimum absolute atomic E-state index is 0.122. The Morgan fingerprint density at radius 1 is 0.222 bits per heavy atom. The lowest BCUT2D eigenvalue weighted by atomic mass is 10.0. The number of rotatable bonds is 12. The van der Waals surface area contributed by atoms with E-state index in [1.165, 1.54) is 18.2 Å². The van der Waals surface area contributed by atoms with Gasteiger partial charge in [-0.05, 0) is 89.0 Å². The van der Waals surface area contributed by atoms with Crippen LogP contribution in [0.3, 0.4) is 0 Å². The summed E-state index contributed by atoms with van der Waals surface area (Å²) in [5.41, 5.74) is 3.40. The summed E-state index contributed by atoms with van der Waals surface area (Å²) in [4.78, 5) is 43.6. The standard InChI is InChI=1S/C69H42N6O6/c76-67(79-64-37-34-61(52-25-7-10-28-55(52)64)73-70-58-31-13-19-43-16-1-4-22-49(43)58)46-40-47(68(77)80-65-38-35-62(53-26-8-11-29-56(53)65)74-71-59-32-14-20-44-17-2-5-23-50(44)59)42-48(41-46)69(78)81-66-39-36-63(54-27-9-12-30-57(54)66)75-72-60-33-15-21-45-18-3-6-24-51(45)60/h1-42H/b73-70+,74-71+,75-72+. The van der Waals surface area contributed by atoms with E-state index in [-0.39, 0.29) is 33.9 Å². The maximum absolute atomic E-state index is 14.5. The molecule has 0 aliphatic carbocycles. The summed E-state index contributed by atoms with van der Waals surface area (Å²) in [5, 5.41) is 37.5. The first kappa shape index (κ1) is 49.2. The van der Waals surface area contributed by atoms with Gasteiger partial charge in [0.25, 0.3) is 0 Å². The molecule has 81 heavy (non-hydrogen) atoms. The SMILES string of the molecule is O=C(Oc1ccc(/N=N/c2cccc3ccccc23)c2ccccc12)c1cc(C(=O)Oc2ccc(/N=N/c3cccc4ccccc34)c3ccccc23)cc(C(=O)Oc2ccc(/N=N/c3cccc4ccccc34)c3ccccc23)c1. The lowest BCUT2D eigenvalue weighted by molar-refractivity contribution is 0.0737. The summed E-state index contributed by atoms with van der Waals surface area (Å²) >= 11 is 0. The molecule has 0 aliphatic heterocycles. The van der Waals surface area contributed by atoms with Crippen LogP contribution in [0.5, 0.6) is 17.2 Å². The number of fused-ring (bicyclic) bond motifs is 6. The van der Waals surface area contributed by atoms with Crippen molar-refractivity contribution in [1.82, 2.24) is 0 Å². The van der Waals surface area contributed by atoms with Crippen LogP contribution < -0.4 is 14.2 Å². The van der Waals surface area contributed by atoms with Crippen LogP contribution in [-0.2, 0) is 0 Å². The van der Waals surface area contributed by atoms with E-state index in [4.69, 9.17) is 14.2 Å². The van der Waals surface area contributed by atoms with Crippen LogP contribution in [0.25, 0.3) is 64.6 Å². The van der Waals surface area contributed by atoms with Crippen LogP contribution in [-0.4, -0.2) is 17.9 Å². The first-order chi connectivity index (χ1) is 39.9. The molecule has 0 saturated carbocycles. The summed E-state index contributed by atoms with van der Waals surface area (Å²) in [5.74, 6) is -1.93. The highest BCUT2D eigenvalue weighted by Crippen LogP contribution is 2.40. The average Bonchev–Trinajstić information content (AvgIpc) is 3.57. The van der Waals surface area contributed by atoms with Crippen LogP contribution >= 0.6 is 0 Å². The monoisotopic (exact) mass is 1050 g/mol. The Labute approximate surface area is 462 Å². The molecule has 0 aromatic heterocycles. The van der Waals surface area contributed by atoms with Crippen LogP contribution in [0.2, 0.25) is 0 Å². The fourth-order valence-electron chi connectivity index (χ4n) is 9.96. The zero-order chi connectivity index (χ0) is 54.7. The summed E-state index contributed by atoms with van der Waals surface area (Å²) < 4.78 is 18.4. The van der Waals surface area contributed by atoms with Crippen LogP contribution in [0.4, 0.5) is 34.1 Å². The number of carbonyl (C=O) groups excluding carboxylic acids is 3. The van der Waals surface area contributed by atoms with Gasteiger partial charge in [0.05, 0.1) is 50.8 Å². The van der Waals surface area contributed by atoms with Gasteiger partial charge in [0.1, 0.15) is 17.2 Å². The second kappa shape index (κ2) is 21.6. The van der Waals surface area contributed by atoms with Crippen molar-refractivity contribution >= 4 is 117 Å². The zero-order valence-electron chi connectivity index (χ0n) is 42.9. The highest BCUT2D eigenvalue weighted by atomic mass is 16.5.